The molecular weight excluding hydrogens is 368 g/mol. The molecule has 0 bridgehead atoms. The number of esters is 2. The first-order chi connectivity index (χ1) is 12.6. The molecule has 7 nitrogen and oxygen atoms in total. The predicted molar refractivity (Wildman–Crippen MR) is 109 cm³/mol. The largest absolute Gasteiger partial charge is 0.465 e. The van der Waals surface area contributed by atoms with E-state index in [2.05, 4.69) is 11.9 Å². The fraction of sp³-hybridized carbons (Fsp3) is 0.737. The van der Waals surface area contributed by atoms with Crippen LogP contribution in [0.25, 0.3) is 0 Å². The van der Waals surface area contributed by atoms with Gasteiger partial charge in [0.25, 0.3) is 0 Å². The summed E-state index contributed by atoms with van der Waals surface area (Å²) in [6.07, 6.45) is 0.624. The van der Waals surface area contributed by atoms with Crippen molar-refractivity contribution >= 4 is 29.6 Å². The fourth-order valence-electron chi connectivity index (χ4n) is 1.82. The molecule has 1 amide bonds. The highest BCUT2D eigenvalue weighted by Crippen LogP contribution is 2.21. The number of hydrogen-bond acceptors (Lipinski definition) is 7. The normalized spacial score (nSPS) is 11.2. The molecule has 27 heavy (non-hydrogen) atoms. The third kappa shape index (κ3) is 13.3. The molecule has 0 atom stereocenters. The van der Waals surface area contributed by atoms with Crippen LogP contribution in [0.4, 0.5) is 0 Å². The smallest absolute Gasteiger partial charge is 0.333 e. The summed E-state index contributed by atoms with van der Waals surface area (Å²) in [6, 6.07) is 0. The van der Waals surface area contributed by atoms with E-state index in [0.29, 0.717) is 36.7 Å². The molecule has 0 heterocycles. The van der Waals surface area contributed by atoms with Crippen molar-refractivity contribution in [3.8, 4) is 0 Å². The lowest BCUT2D eigenvalue weighted by Crippen LogP contribution is -2.41. The van der Waals surface area contributed by atoms with Crippen molar-refractivity contribution in [2.75, 3.05) is 51.9 Å². The van der Waals surface area contributed by atoms with Gasteiger partial charge in [-0.15, -0.1) is 0 Å². The zero-order valence-corrected chi connectivity index (χ0v) is 18.1. The summed E-state index contributed by atoms with van der Waals surface area (Å²) in [5.74, 6) is 0.536. The average molecular weight is 403 g/mol. The van der Waals surface area contributed by atoms with Gasteiger partial charge >= 0.3 is 11.9 Å². The Morgan fingerprint density at radius 1 is 1.15 bits per heavy atom. The molecule has 0 saturated carbocycles. The van der Waals surface area contributed by atoms with Gasteiger partial charge in [-0.25, -0.2) is 4.79 Å². The van der Waals surface area contributed by atoms with Crippen molar-refractivity contribution in [2.24, 2.45) is 5.41 Å². The Hall–Kier alpha value is -1.54. The van der Waals surface area contributed by atoms with Gasteiger partial charge in [-0.3, -0.25) is 9.59 Å². The second-order valence-electron chi connectivity index (χ2n) is 7.24. The topological polar surface area (TPSA) is 84.9 Å². The molecule has 0 aliphatic rings. The number of nitrogens with one attached hydrogen (secondary N) is 1. The molecule has 156 valence electrons. The summed E-state index contributed by atoms with van der Waals surface area (Å²) >= 11 is 1.58. The highest BCUT2D eigenvalue weighted by Gasteiger charge is 2.27. The van der Waals surface area contributed by atoms with Gasteiger partial charge in [0.15, 0.2) is 0 Å². The molecule has 0 aliphatic carbocycles. The van der Waals surface area contributed by atoms with E-state index in [1.54, 1.807) is 18.7 Å². The Bertz CT molecular complexity index is 506. The van der Waals surface area contributed by atoms with Gasteiger partial charge in [0, 0.05) is 36.6 Å². The first-order valence-corrected chi connectivity index (χ1v) is 10.2. The molecule has 0 spiro atoms. The number of likely N-dealkylation sites (N-methyl/N-ethyl adjacent to an activating group) is 1. The summed E-state index contributed by atoms with van der Waals surface area (Å²) < 4.78 is 10.0. The molecule has 1 N–H and O–H groups in total. The molecule has 0 aromatic heterocycles. The first kappa shape index (κ1) is 25.5. The quantitative estimate of drug-likeness (QED) is 0.270. The third-order valence-electron chi connectivity index (χ3n) is 3.52. The second kappa shape index (κ2) is 13.6. The van der Waals surface area contributed by atoms with E-state index < -0.39 is 11.4 Å². The molecule has 0 unspecified atom stereocenters. The lowest BCUT2D eigenvalue weighted by atomic mass is 9.95. The number of rotatable bonds is 14. The minimum Gasteiger partial charge on any atom is -0.465 e. The summed E-state index contributed by atoms with van der Waals surface area (Å²) in [5.41, 5.74) is -0.141. The van der Waals surface area contributed by atoms with E-state index in [1.165, 1.54) is 0 Å². The van der Waals surface area contributed by atoms with Gasteiger partial charge in [0.2, 0.25) is 5.91 Å². The summed E-state index contributed by atoms with van der Waals surface area (Å²) in [5, 5.41) is 2.94. The van der Waals surface area contributed by atoms with Crippen LogP contribution < -0.4 is 5.32 Å². The lowest BCUT2D eigenvalue weighted by Gasteiger charge is -2.23. The Kier molecular flexibility index (Phi) is 12.8. The van der Waals surface area contributed by atoms with Crippen LogP contribution >= 0.6 is 11.8 Å². The van der Waals surface area contributed by atoms with Crippen LogP contribution in [0.1, 0.15) is 33.6 Å². The number of hydrogen-bond donors (Lipinski definition) is 1. The standard InChI is InChI=1S/C19H34N2O5S/c1-15(2)17(23)26-11-7-8-16(22)25-12-13-27-14-19(3,4)18(24)20-9-10-21(5)6/h1,7-14H2,2-6H3,(H,20,24). The highest BCUT2D eigenvalue weighted by atomic mass is 32.2. The lowest BCUT2D eigenvalue weighted by molar-refractivity contribution is -0.145. The van der Waals surface area contributed by atoms with E-state index in [-0.39, 0.29) is 24.9 Å². The first-order valence-electron chi connectivity index (χ1n) is 9.05. The van der Waals surface area contributed by atoms with Crippen molar-refractivity contribution in [1.82, 2.24) is 10.2 Å². The fourth-order valence-corrected chi connectivity index (χ4v) is 2.80. The maximum absolute atomic E-state index is 12.2. The second-order valence-corrected chi connectivity index (χ2v) is 8.34. The van der Waals surface area contributed by atoms with E-state index >= 15 is 0 Å². The van der Waals surface area contributed by atoms with Crippen LogP contribution in [-0.2, 0) is 23.9 Å². The summed E-state index contributed by atoms with van der Waals surface area (Å²) in [6.45, 7) is 10.8. The van der Waals surface area contributed by atoms with Crippen molar-refractivity contribution in [1.29, 1.82) is 0 Å². The SMILES string of the molecule is C=C(C)C(=O)OCCCC(=O)OCCSCC(C)(C)C(=O)NCCN(C)C. The minimum absolute atomic E-state index is 0.0261. The van der Waals surface area contributed by atoms with Crippen molar-refractivity contribution in [2.45, 2.75) is 33.6 Å². The molecule has 0 radical (unpaired) electrons. The highest BCUT2D eigenvalue weighted by molar-refractivity contribution is 7.99. The number of thioether (sulfide) groups is 1. The number of nitrogens with zero attached hydrogens (tertiary/aromatic N) is 1. The molecule has 0 aromatic carbocycles. The van der Waals surface area contributed by atoms with Crippen molar-refractivity contribution < 1.29 is 23.9 Å². The molecule has 0 aromatic rings. The van der Waals surface area contributed by atoms with E-state index in [9.17, 15) is 14.4 Å². The summed E-state index contributed by atoms with van der Waals surface area (Å²) in [7, 11) is 3.92. The third-order valence-corrected chi connectivity index (χ3v) is 4.90. The van der Waals surface area contributed by atoms with Crippen LogP contribution in [0.5, 0.6) is 0 Å². The van der Waals surface area contributed by atoms with Crippen molar-refractivity contribution in [3.05, 3.63) is 12.2 Å². The Balaban J connectivity index is 3.78. The van der Waals surface area contributed by atoms with Gasteiger partial charge in [-0.2, -0.15) is 11.8 Å². The average Bonchev–Trinajstić information content (AvgIpc) is 2.57. The Morgan fingerprint density at radius 3 is 2.41 bits per heavy atom. The molecule has 0 rings (SSSR count). The Morgan fingerprint density at radius 2 is 1.81 bits per heavy atom. The van der Waals surface area contributed by atoms with Crippen LogP contribution in [-0.4, -0.2) is 74.7 Å². The maximum atomic E-state index is 12.2. The number of carbonyl (C=O) groups is 3. The van der Waals surface area contributed by atoms with Crippen molar-refractivity contribution in [3.63, 3.8) is 0 Å². The van der Waals surface area contributed by atoms with Crippen LogP contribution in [0.15, 0.2) is 12.2 Å². The maximum Gasteiger partial charge on any atom is 0.333 e. The van der Waals surface area contributed by atoms with Gasteiger partial charge in [0.05, 0.1) is 12.0 Å². The minimum atomic E-state index is -0.478. The molecule has 0 fully saturated rings. The molecule has 0 saturated heterocycles. The van der Waals surface area contributed by atoms with E-state index in [1.807, 2.05) is 32.8 Å². The van der Waals surface area contributed by atoms with Gasteiger partial charge in [-0.1, -0.05) is 20.4 Å². The number of amides is 1. The zero-order chi connectivity index (χ0) is 20.9. The van der Waals surface area contributed by atoms with Gasteiger partial charge in [0.1, 0.15) is 6.61 Å². The van der Waals surface area contributed by atoms with E-state index in [0.717, 1.165) is 6.54 Å². The van der Waals surface area contributed by atoms with Gasteiger partial charge < -0.3 is 19.7 Å². The number of carbonyl (C=O) groups excluding carboxylic acids is 3. The van der Waals surface area contributed by atoms with Crippen LogP contribution in [0.3, 0.4) is 0 Å². The molecule has 8 heteroatoms. The van der Waals surface area contributed by atoms with Crippen LogP contribution in [0, 0.1) is 5.41 Å². The molecular formula is C19H34N2O5S. The van der Waals surface area contributed by atoms with E-state index in [4.69, 9.17) is 9.47 Å². The predicted octanol–water partition coefficient (Wildman–Crippen LogP) is 1.87. The molecule has 0 aliphatic heterocycles. The zero-order valence-electron chi connectivity index (χ0n) is 17.3. The Labute approximate surface area is 167 Å². The number of ether oxygens (including phenoxy) is 2. The van der Waals surface area contributed by atoms with Gasteiger partial charge in [-0.05, 0) is 27.4 Å². The monoisotopic (exact) mass is 402 g/mol. The summed E-state index contributed by atoms with van der Waals surface area (Å²) in [4.78, 5) is 37.0. The van der Waals surface area contributed by atoms with Crippen LogP contribution in [0.2, 0.25) is 0 Å².